The SMILES string of the molecule is C=C1C2C=CC3CC2C(=C)C13. The Kier molecular flexibility index (Phi) is 0.806. The molecule has 0 amide bonds. The van der Waals surface area contributed by atoms with Gasteiger partial charge in [-0.25, -0.2) is 0 Å². The van der Waals surface area contributed by atoms with E-state index < -0.39 is 0 Å². The maximum Gasteiger partial charge on any atom is 0.00738 e. The molecule has 0 heterocycles. The molecule has 0 N–H and O–H groups in total. The lowest BCUT2D eigenvalue weighted by molar-refractivity contribution is 0.391. The second kappa shape index (κ2) is 1.52. The summed E-state index contributed by atoms with van der Waals surface area (Å²) in [6, 6.07) is 0. The highest BCUT2D eigenvalue weighted by Crippen LogP contribution is 2.60. The van der Waals surface area contributed by atoms with Crippen LogP contribution in [0.5, 0.6) is 0 Å². The van der Waals surface area contributed by atoms with Crippen LogP contribution in [-0.2, 0) is 0 Å². The molecule has 0 aromatic rings. The Hall–Kier alpha value is -0.780. The van der Waals surface area contributed by atoms with Gasteiger partial charge >= 0.3 is 0 Å². The molecule has 4 aliphatic rings. The lowest BCUT2D eigenvalue weighted by Crippen LogP contribution is -2.22. The van der Waals surface area contributed by atoms with E-state index in [1.165, 1.54) is 17.6 Å². The van der Waals surface area contributed by atoms with Crippen LogP contribution in [0.3, 0.4) is 0 Å². The van der Waals surface area contributed by atoms with Crippen LogP contribution in [0.4, 0.5) is 0 Å². The molecule has 4 bridgehead atoms. The van der Waals surface area contributed by atoms with Gasteiger partial charge in [-0.15, -0.1) is 0 Å². The summed E-state index contributed by atoms with van der Waals surface area (Å²) in [5.41, 5.74) is 2.91. The zero-order valence-corrected chi connectivity index (χ0v) is 6.59. The van der Waals surface area contributed by atoms with E-state index in [0.717, 1.165) is 11.8 Å². The summed E-state index contributed by atoms with van der Waals surface area (Å²) in [5, 5.41) is 0. The van der Waals surface area contributed by atoms with E-state index in [2.05, 4.69) is 25.3 Å². The molecule has 0 nitrogen and oxygen atoms in total. The summed E-state index contributed by atoms with van der Waals surface area (Å²) in [5.74, 6) is 2.86. The van der Waals surface area contributed by atoms with Crippen molar-refractivity contribution in [3.05, 3.63) is 36.5 Å². The molecule has 0 spiro atoms. The molecular formula is C11H12. The highest BCUT2D eigenvalue weighted by molar-refractivity contribution is 5.44. The fraction of sp³-hybridized carbons (Fsp3) is 0.455. The predicted octanol–water partition coefficient (Wildman–Crippen LogP) is 2.55. The van der Waals surface area contributed by atoms with Crippen LogP contribution in [0.2, 0.25) is 0 Å². The van der Waals surface area contributed by atoms with Crippen molar-refractivity contribution in [3.8, 4) is 0 Å². The largest absolute Gasteiger partial charge is 0.0989 e. The molecule has 11 heavy (non-hydrogen) atoms. The Labute approximate surface area is 67.3 Å². The van der Waals surface area contributed by atoms with Crippen molar-refractivity contribution in [2.45, 2.75) is 6.42 Å². The second-order valence-corrected chi connectivity index (χ2v) is 4.04. The number of hydrogen-bond donors (Lipinski definition) is 0. The van der Waals surface area contributed by atoms with Gasteiger partial charge in [-0.2, -0.15) is 0 Å². The van der Waals surface area contributed by atoms with Crippen molar-refractivity contribution in [2.75, 3.05) is 0 Å². The summed E-state index contributed by atoms with van der Waals surface area (Å²) in [6.45, 7) is 8.33. The van der Waals surface area contributed by atoms with Crippen LogP contribution in [0.1, 0.15) is 6.42 Å². The van der Waals surface area contributed by atoms with Crippen molar-refractivity contribution in [3.63, 3.8) is 0 Å². The van der Waals surface area contributed by atoms with E-state index in [4.69, 9.17) is 0 Å². The molecule has 4 aliphatic carbocycles. The van der Waals surface area contributed by atoms with Crippen molar-refractivity contribution in [1.29, 1.82) is 0 Å². The minimum Gasteiger partial charge on any atom is -0.0989 e. The van der Waals surface area contributed by atoms with Gasteiger partial charge in [0.05, 0.1) is 0 Å². The van der Waals surface area contributed by atoms with Crippen molar-refractivity contribution in [2.24, 2.45) is 23.7 Å². The third kappa shape index (κ3) is 0.463. The summed E-state index contributed by atoms with van der Waals surface area (Å²) in [4.78, 5) is 0. The Bertz CT molecular complexity index is 282. The number of rotatable bonds is 0. The van der Waals surface area contributed by atoms with Crippen molar-refractivity contribution in [1.82, 2.24) is 0 Å². The Morgan fingerprint density at radius 2 is 2.00 bits per heavy atom. The van der Waals surface area contributed by atoms with E-state index in [1.54, 1.807) is 0 Å². The van der Waals surface area contributed by atoms with Gasteiger partial charge < -0.3 is 0 Å². The standard InChI is InChI=1S/C11H12/c1-6-9-4-3-8-5-10(9)7(2)11(6)8/h3-4,8-11H,1-2,5H2. The van der Waals surface area contributed by atoms with Gasteiger partial charge in [0.25, 0.3) is 0 Å². The minimum absolute atomic E-state index is 0.662. The third-order valence-corrected chi connectivity index (χ3v) is 3.66. The molecule has 0 aliphatic heterocycles. The van der Waals surface area contributed by atoms with Crippen molar-refractivity contribution >= 4 is 0 Å². The molecule has 56 valence electrons. The van der Waals surface area contributed by atoms with Crippen molar-refractivity contribution < 1.29 is 0 Å². The molecular weight excluding hydrogens is 132 g/mol. The van der Waals surface area contributed by atoms with Crippen LogP contribution in [0.15, 0.2) is 36.5 Å². The molecule has 2 saturated carbocycles. The Morgan fingerprint density at radius 1 is 1.18 bits per heavy atom. The number of hydrogen-bond acceptors (Lipinski definition) is 0. The van der Waals surface area contributed by atoms with Crippen LogP contribution < -0.4 is 0 Å². The smallest absolute Gasteiger partial charge is 0.00738 e. The van der Waals surface area contributed by atoms with Gasteiger partial charge in [0.2, 0.25) is 0 Å². The maximum absolute atomic E-state index is 4.17. The normalized spacial score (nSPS) is 51.3. The molecule has 0 aromatic carbocycles. The topological polar surface area (TPSA) is 0 Å². The monoisotopic (exact) mass is 144 g/mol. The van der Waals surface area contributed by atoms with E-state index in [0.29, 0.717) is 11.8 Å². The van der Waals surface area contributed by atoms with Crippen LogP contribution in [0.25, 0.3) is 0 Å². The van der Waals surface area contributed by atoms with E-state index in [-0.39, 0.29) is 0 Å². The first-order chi connectivity index (χ1) is 5.29. The highest BCUT2D eigenvalue weighted by atomic mass is 14.6. The second-order valence-electron chi connectivity index (χ2n) is 4.04. The zero-order valence-electron chi connectivity index (χ0n) is 6.59. The Balaban J connectivity index is 2.24. The molecule has 4 rings (SSSR count). The predicted molar refractivity (Wildman–Crippen MR) is 46.0 cm³/mol. The molecule has 4 atom stereocenters. The zero-order chi connectivity index (χ0) is 7.59. The molecule has 0 saturated heterocycles. The van der Waals surface area contributed by atoms with Gasteiger partial charge in [0, 0.05) is 11.8 Å². The van der Waals surface area contributed by atoms with Gasteiger partial charge in [0.15, 0.2) is 0 Å². The highest BCUT2D eigenvalue weighted by Gasteiger charge is 2.51. The number of allylic oxidation sites excluding steroid dienone is 4. The molecule has 2 fully saturated rings. The quantitative estimate of drug-likeness (QED) is 0.458. The first-order valence-electron chi connectivity index (χ1n) is 4.34. The van der Waals surface area contributed by atoms with E-state index >= 15 is 0 Å². The summed E-state index contributed by atoms with van der Waals surface area (Å²) in [6.07, 6.45) is 6.07. The first-order valence-corrected chi connectivity index (χ1v) is 4.34. The summed E-state index contributed by atoms with van der Waals surface area (Å²) < 4.78 is 0. The fourth-order valence-electron chi connectivity index (χ4n) is 3.15. The molecule has 0 heteroatoms. The molecule has 4 unspecified atom stereocenters. The molecule has 0 aromatic heterocycles. The van der Waals surface area contributed by atoms with Gasteiger partial charge in [-0.05, 0) is 18.3 Å². The lowest BCUT2D eigenvalue weighted by Gasteiger charge is -2.31. The minimum atomic E-state index is 0.662. The van der Waals surface area contributed by atoms with Gasteiger partial charge in [-0.1, -0.05) is 36.5 Å². The summed E-state index contributed by atoms with van der Waals surface area (Å²) in [7, 11) is 0. The maximum atomic E-state index is 4.17. The van der Waals surface area contributed by atoms with Crippen LogP contribution in [-0.4, -0.2) is 0 Å². The van der Waals surface area contributed by atoms with Crippen LogP contribution in [0, 0.1) is 23.7 Å². The van der Waals surface area contributed by atoms with E-state index in [9.17, 15) is 0 Å². The average Bonchev–Trinajstić information content (AvgIpc) is 2.38. The third-order valence-electron chi connectivity index (χ3n) is 3.66. The van der Waals surface area contributed by atoms with Crippen LogP contribution >= 0.6 is 0 Å². The van der Waals surface area contributed by atoms with E-state index in [1.807, 2.05) is 0 Å². The van der Waals surface area contributed by atoms with Gasteiger partial charge in [0.1, 0.15) is 0 Å². The lowest BCUT2D eigenvalue weighted by atomic mass is 9.73. The van der Waals surface area contributed by atoms with Gasteiger partial charge in [-0.3, -0.25) is 0 Å². The first kappa shape index (κ1) is 5.82. The Morgan fingerprint density at radius 3 is 2.45 bits per heavy atom. The average molecular weight is 144 g/mol. The fourth-order valence-corrected chi connectivity index (χ4v) is 3.15. The summed E-state index contributed by atoms with van der Waals surface area (Å²) >= 11 is 0. The molecule has 0 radical (unpaired) electrons.